The summed E-state index contributed by atoms with van der Waals surface area (Å²) in [7, 11) is 0. The van der Waals surface area contributed by atoms with E-state index in [9.17, 15) is 5.11 Å². The molecule has 94 valence electrons. The van der Waals surface area contributed by atoms with Gasteiger partial charge in [0.05, 0.1) is 12.3 Å². The minimum Gasteiger partial charge on any atom is -0.392 e. The summed E-state index contributed by atoms with van der Waals surface area (Å²) in [4.78, 5) is 4.21. The first kappa shape index (κ1) is 13.6. The van der Waals surface area contributed by atoms with Crippen molar-refractivity contribution < 1.29 is 5.11 Å². The smallest absolute Gasteiger partial charge is 0.102 e. The van der Waals surface area contributed by atoms with Crippen molar-refractivity contribution in [2.24, 2.45) is 0 Å². The largest absolute Gasteiger partial charge is 0.392 e. The van der Waals surface area contributed by atoms with E-state index in [1.165, 1.54) is 0 Å². The molecule has 0 aliphatic carbocycles. The van der Waals surface area contributed by atoms with Gasteiger partial charge in [-0.3, -0.25) is 4.98 Å². The highest BCUT2D eigenvalue weighted by Crippen LogP contribution is 2.35. The van der Waals surface area contributed by atoms with Crippen molar-refractivity contribution in [2.75, 3.05) is 0 Å². The number of hydrogen-bond donors (Lipinski definition) is 1. The lowest BCUT2D eigenvalue weighted by atomic mass is 10.0. The van der Waals surface area contributed by atoms with Crippen LogP contribution in [0.25, 0.3) is 0 Å². The zero-order valence-corrected chi connectivity index (χ0v) is 11.5. The molecule has 2 aromatic rings. The fourth-order valence-corrected chi connectivity index (χ4v) is 2.63. The number of hydrogen-bond acceptors (Lipinski definition) is 2. The van der Waals surface area contributed by atoms with Crippen LogP contribution in [-0.4, -0.2) is 10.1 Å². The molecule has 5 heteroatoms. The number of benzene rings is 1. The molecular formula is C13H10Cl3NO. The lowest BCUT2D eigenvalue weighted by Crippen LogP contribution is -2.02. The van der Waals surface area contributed by atoms with E-state index in [1.54, 1.807) is 36.5 Å². The third-order valence-corrected chi connectivity index (χ3v) is 3.58. The monoisotopic (exact) mass is 301 g/mol. The number of halogens is 3. The molecule has 1 heterocycles. The second-order valence-corrected chi connectivity index (χ2v) is 5.01. The number of alkyl halides is 1. The Bertz CT molecular complexity index is 560. The summed E-state index contributed by atoms with van der Waals surface area (Å²) in [5.74, 6) is 0. The van der Waals surface area contributed by atoms with E-state index in [-0.39, 0.29) is 6.61 Å². The zero-order chi connectivity index (χ0) is 13.1. The maximum Gasteiger partial charge on any atom is 0.102 e. The van der Waals surface area contributed by atoms with Crippen LogP contribution in [0.3, 0.4) is 0 Å². The summed E-state index contributed by atoms with van der Waals surface area (Å²) in [6.07, 6.45) is 1.63. The molecule has 0 bridgehead atoms. The Morgan fingerprint density at radius 2 is 2.00 bits per heavy atom. The van der Waals surface area contributed by atoms with E-state index in [4.69, 9.17) is 34.8 Å². The normalized spacial score (nSPS) is 12.4. The quantitative estimate of drug-likeness (QED) is 0.862. The topological polar surface area (TPSA) is 33.1 Å². The van der Waals surface area contributed by atoms with Gasteiger partial charge in [0.2, 0.25) is 0 Å². The molecule has 0 saturated carbocycles. The van der Waals surface area contributed by atoms with Gasteiger partial charge in [-0.2, -0.15) is 0 Å². The fraction of sp³-hybridized carbons (Fsp3) is 0.154. The van der Waals surface area contributed by atoms with Crippen LogP contribution in [-0.2, 0) is 6.61 Å². The average molecular weight is 303 g/mol. The van der Waals surface area contributed by atoms with Crippen LogP contribution in [0, 0.1) is 0 Å². The predicted molar refractivity (Wildman–Crippen MR) is 74.3 cm³/mol. The maximum atomic E-state index is 9.27. The molecule has 1 N–H and O–H groups in total. The number of aliphatic hydroxyl groups is 1. The SMILES string of the molecule is OCc1cccnc1C(Cl)c1ccc(Cl)cc1Cl. The molecule has 0 fully saturated rings. The predicted octanol–water partition coefficient (Wildman–Crippen LogP) is 4.21. The van der Waals surface area contributed by atoms with Gasteiger partial charge in [0.1, 0.15) is 5.38 Å². The summed E-state index contributed by atoms with van der Waals surface area (Å²) >= 11 is 18.3. The molecule has 18 heavy (non-hydrogen) atoms. The van der Waals surface area contributed by atoms with Crippen LogP contribution >= 0.6 is 34.8 Å². The van der Waals surface area contributed by atoms with Gasteiger partial charge < -0.3 is 5.11 Å². The van der Waals surface area contributed by atoms with Crippen LogP contribution in [0.4, 0.5) is 0 Å². The second-order valence-electron chi connectivity index (χ2n) is 3.73. The molecule has 0 amide bonds. The van der Waals surface area contributed by atoms with Gasteiger partial charge in [0.15, 0.2) is 0 Å². The van der Waals surface area contributed by atoms with Gasteiger partial charge >= 0.3 is 0 Å². The van der Waals surface area contributed by atoms with Gasteiger partial charge in [0.25, 0.3) is 0 Å². The summed E-state index contributed by atoms with van der Waals surface area (Å²) in [5, 5.41) is 9.79. The Kier molecular flexibility index (Phi) is 4.46. The van der Waals surface area contributed by atoms with Crippen molar-refractivity contribution in [2.45, 2.75) is 12.0 Å². The van der Waals surface area contributed by atoms with E-state index < -0.39 is 5.38 Å². The molecule has 2 nitrogen and oxygen atoms in total. The Labute approximate surface area is 120 Å². The number of aromatic nitrogens is 1. The first-order valence-electron chi connectivity index (χ1n) is 5.27. The number of nitrogens with zero attached hydrogens (tertiary/aromatic N) is 1. The number of rotatable bonds is 3. The highest BCUT2D eigenvalue weighted by molar-refractivity contribution is 6.36. The van der Waals surface area contributed by atoms with E-state index in [0.717, 1.165) is 5.56 Å². The molecule has 0 aliphatic heterocycles. The van der Waals surface area contributed by atoms with E-state index in [0.29, 0.717) is 21.3 Å². The van der Waals surface area contributed by atoms with Crippen LogP contribution in [0.15, 0.2) is 36.5 Å². The highest BCUT2D eigenvalue weighted by Gasteiger charge is 2.18. The molecular weight excluding hydrogens is 293 g/mol. The summed E-state index contributed by atoms with van der Waals surface area (Å²) in [6.45, 7) is -0.113. The maximum absolute atomic E-state index is 9.27. The Hall–Kier alpha value is -0.800. The van der Waals surface area contributed by atoms with E-state index >= 15 is 0 Å². The summed E-state index contributed by atoms with van der Waals surface area (Å²) < 4.78 is 0. The molecule has 2 rings (SSSR count). The van der Waals surface area contributed by atoms with Crippen LogP contribution in [0.5, 0.6) is 0 Å². The van der Waals surface area contributed by atoms with Gasteiger partial charge in [-0.05, 0) is 23.8 Å². The van der Waals surface area contributed by atoms with Crippen LogP contribution in [0.2, 0.25) is 10.0 Å². The molecule has 0 spiro atoms. The van der Waals surface area contributed by atoms with E-state index in [1.807, 2.05) is 0 Å². The molecule has 1 aromatic heterocycles. The standard InChI is InChI=1S/C13H10Cl3NO/c14-9-3-4-10(11(15)6-9)12(16)13-8(7-18)2-1-5-17-13/h1-6,12,18H,7H2. The Balaban J connectivity index is 2.44. The molecule has 0 saturated heterocycles. The minimum atomic E-state index is -0.516. The number of aliphatic hydroxyl groups excluding tert-OH is 1. The summed E-state index contributed by atoms with van der Waals surface area (Å²) in [5.41, 5.74) is 2.01. The molecule has 1 aromatic carbocycles. The molecule has 0 aliphatic rings. The molecule has 0 radical (unpaired) electrons. The van der Waals surface area contributed by atoms with Gasteiger partial charge in [-0.25, -0.2) is 0 Å². The van der Waals surface area contributed by atoms with Crippen molar-refractivity contribution in [1.29, 1.82) is 0 Å². The van der Waals surface area contributed by atoms with Crippen molar-refractivity contribution in [3.05, 3.63) is 63.4 Å². The zero-order valence-electron chi connectivity index (χ0n) is 9.28. The van der Waals surface area contributed by atoms with Crippen molar-refractivity contribution in [3.8, 4) is 0 Å². The van der Waals surface area contributed by atoms with Crippen molar-refractivity contribution in [3.63, 3.8) is 0 Å². The lowest BCUT2D eigenvalue weighted by molar-refractivity contribution is 0.280. The van der Waals surface area contributed by atoms with Gasteiger partial charge in [-0.15, -0.1) is 11.6 Å². The van der Waals surface area contributed by atoms with Gasteiger partial charge in [-0.1, -0.05) is 35.3 Å². The Morgan fingerprint density at radius 1 is 1.22 bits per heavy atom. The van der Waals surface area contributed by atoms with Crippen molar-refractivity contribution >= 4 is 34.8 Å². The highest BCUT2D eigenvalue weighted by atomic mass is 35.5. The van der Waals surface area contributed by atoms with Crippen LogP contribution < -0.4 is 0 Å². The minimum absolute atomic E-state index is 0.113. The molecule has 1 atom stereocenters. The molecule has 1 unspecified atom stereocenters. The first-order valence-corrected chi connectivity index (χ1v) is 6.46. The Morgan fingerprint density at radius 3 is 2.67 bits per heavy atom. The lowest BCUT2D eigenvalue weighted by Gasteiger charge is -2.14. The summed E-state index contributed by atoms with van der Waals surface area (Å²) in [6, 6.07) is 8.65. The van der Waals surface area contributed by atoms with E-state index in [2.05, 4.69) is 4.98 Å². The third-order valence-electron chi connectivity index (χ3n) is 2.57. The fourth-order valence-electron chi connectivity index (χ4n) is 1.67. The first-order chi connectivity index (χ1) is 8.63. The number of pyridine rings is 1. The third kappa shape index (κ3) is 2.78. The van der Waals surface area contributed by atoms with Crippen molar-refractivity contribution in [1.82, 2.24) is 4.98 Å². The second kappa shape index (κ2) is 5.89. The average Bonchev–Trinajstić information content (AvgIpc) is 2.38. The van der Waals surface area contributed by atoms with Gasteiger partial charge in [0, 0.05) is 21.8 Å². The van der Waals surface area contributed by atoms with Crippen LogP contribution in [0.1, 0.15) is 22.2 Å².